The number of unbranched alkanes of at least 4 members (excludes halogenated alkanes) is 1. The zero-order valence-electron chi connectivity index (χ0n) is 9.91. The molecule has 0 aliphatic rings. The third kappa shape index (κ3) is 4.77. The van der Waals surface area contributed by atoms with Crippen molar-refractivity contribution in [2.45, 2.75) is 40.0 Å². The molecule has 0 saturated heterocycles. The van der Waals surface area contributed by atoms with Crippen LogP contribution in [-0.4, -0.2) is 22.2 Å². The van der Waals surface area contributed by atoms with E-state index in [2.05, 4.69) is 0 Å². The minimum Gasteiger partial charge on any atom is -0.478 e. The standard InChI is InChI=1S/C12H18O4/c1-4-5-6-10(9(3)12(15)16)7-8(2)11(13)14/h7H,4-6H2,1-3H3,(H,13,14)(H,15,16). The second-order valence-electron chi connectivity index (χ2n) is 3.69. The molecule has 0 unspecified atom stereocenters. The predicted octanol–water partition coefficient (Wildman–Crippen LogP) is 2.61. The predicted molar refractivity (Wildman–Crippen MR) is 61.3 cm³/mol. The minimum absolute atomic E-state index is 0.159. The third-order valence-corrected chi connectivity index (χ3v) is 2.33. The van der Waals surface area contributed by atoms with Gasteiger partial charge in [0.05, 0.1) is 0 Å². The molecule has 90 valence electrons. The summed E-state index contributed by atoms with van der Waals surface area (Å²) in [5.41, 5.74) is 0.968. The van der Waals surface area contributed by atoms with E-state index in [1.54, 1.807) is 0 Å². The van der Waals surface area contributed by atoms with Crippen LogP contribution in [0, 0.1) is 0 Å². The molecular weight excluding hydrogens is 208 g/mol. The van der Waals surface area contributed by atoms with Crippen LogP contribution in [0.2, 0.25) is 0 Å². The summed E-state index contributed by atoms with van der Waals surface area (Å²) in [4.78, 5) is 21.5. The molecule has 16 heavy (non-hydrogen) atoms. The lowest BCUT2D eigenvalue weighted by Crippen LogP contribution is -2.03. The summed E-state index contributed by atoms with van der Waals surface area (Å²) in [5.74, 6) is -2.02. The summed E-state index contributed by atoms with van der Waals surface area (Å²) in [7, 11) is 0. The summed E-state index contributed by atoms with van der Waals surface area (Å²) in [6.07, 6.45) is 3.83. The van der Waals surface area contributed by atoms with Crippen LogP contribution in [0.15, 0.2) is 22.8 Å². The van der Waals surface area contributed by atoms with Gasteiger partial charge in [0, 0.05) is 11.1 Å². The van der Waals surface area contributed by atoms with Crippen molar-refractivity contribution in [1.82, 2.24) is 0 Å². The Hall–Kier alpha value is -1.58. The topological polar surface area (TPSA) is 74.6 Å². The summed E-state index contributed by atoms with van der Waals surface area (Å²) in [6, 6.07) is 0. The number of carbonyl (C=O) groups is 2. The molecule has 2 N–H and O–H groups in total. The van der Waals surface area contributed by atoms with Gasteiger partial charge in [0.2, 0.25) is 0 Å². The molecule has 0 heterocycles. The highest BCUT2D eigenvalue weighted by Gasteiger charge is 2.09. The molecule has 0 spiro atoms. The fraction of sp³-hybridized carbons (Fsp3) is 0.500. The van der Waals surface area contributed by atoms with Crippen LogP contribution in [0.3, 0.4) is 0 Å². The quantitative estimate of drug-likeness (QED) is 0.539. The molecule has 0 bridgehead atoms. The second kappa shape index (κ2) is 6.82. The maximum atomic E-state index is 10.8. The number of hydrogen-bond acceptors (Lipinski definition) is 2. The largest absolute Gasteiger partial charge is 0.478 e. The first kappa shape index (κ1) is 14.4. The monoisotopic (exact) mass is 226 g/mol. The van der Waals surface area contributed by atoms with Crippen LogP contribution >= 0.6 is 0 Å². The molecule has 0 aromatic heterocycles. The fourth-order valence-corrected chi connectivity index (χ4v) is 1.20. The van der Waals surface area contributed by atoms with E-state index in [-0.39, 0.29) is 11.1 Å². The van der Waals surface area contributed by atoms with Gasteiger partial charge in [-0.3, -0.25) is 0 Å². The fourth-order valence-electron chi connectivity index (χ4n) is 1.20. The zero-order valence-corrected chi connectivity index (χ0v) is 9.91. The van der Waals surface area contributed by atoms with E-state index in [4.69, 9.17) is 10.2 Å². The first-order valence-corrected chi connectivity index (χ1v) is 5.24. The number of carboxylic acids is 2. The van der Waals surface area contributed by atoms with E-state index in [0.29, 0.717) is 12.0 Å². The lowest BCUT2D eigenvalue weighted by molar-refractivity contribution is -0.133. The van der Waals surface area contributed by atoms with Gasteiger partial charge >= 0.3 is 11.9 Å². The zero-order chi connectivity index (χ0) is 12.7. The molecule has 4 nitrogen and oxygen atoms in total. The van der Waals surface area contributed by atoms with Gasteiger partial charge in [0.15, 0.2) is 0 Å². The van der Waals surface area contributed by atoms with Gasteiger partial charge in [0.25, 0.3) is 0 Å². The third-order valence-electron chi connectivity index (χ3n) is 2.33. The van der Waals surface area contributed by atoms with Crippen LogP contribution in [0.5, 0.6) is 0 Å². The number of carboxylic acid groups (broad SMARTS) is 2. The smallest absolute Gasteiger partial charge is 0.331 e. The molecular formula is C12H18O4. The summed E-state index contributed by atoms with van der Waals surface area (Å²) in [5, 5.41) is 17.6. The Bertz CT molecular complexity index is 337. The van der Waals surface area contributed by atoms with Gasteiger partial charge in [0.1, 0.15) is 0 Å². The van der Waals surface area contributed by atoms with E-state index < -0.39 is 11.9 Å². The van der Waals surface area contributed by atoms with Crippen molar-refractivity contribution < 1.29 is 19.8 Å². The lowest BCUT2D eigenvalue weighted by atomic mass is 10.0. The van der Waals surface area contributed by atoms with Crippen molar-refractivity contribution in [2.24, 2.45) is 0 Å². The highest BCUT2D eigenvalue weighted by atomic mass is 16.4. The molecule has 4 heteroatoms. The van der Waals surface area contributed by atoms with Crippen LogP contribution in [0.25, 0.3) is 0 Å². The summed E-state index contributed by atoms with van der Waals surface area (Å²) < 4.78 is 0. The Labute approximate surface area is 95.3 Å². The first-order chi connectivity index (χ1) is 7.40. The average Bonchev–Trinajstić information content (AvgIpc) is 2.22. The molecule has 0 radical (unpaired) electrons. The van der Waals surface area contributed by atoms with Gasteiger partial charge in [-0.25, -0.2) is 9.59 Å². The van der Waals surface area contributed by atoms with Gasteiger partial charge in [-0.1, -0.05) is 13.3 Å². The number of aliphatic carboxylic acids is 2. The van der Waals surface area contributed by atoms with Crippen molar-refractivity contribution in [1.29, 1.82) is 0 Å². The Morgan fingerprint density at radius 1 is 1.12 bits per heavy atom. The van der Waals surface area contributed by atoms with Crippen molar-refractivity contribution in [3.63, 3.8) is 0 Å². The molecule has 0 rings (SSSR count). The Morgan fingerprint density at radius 2 is 1.69 bits per heavy atom. The maximum Gasteiger partial charge on any atom is 0.331 e. The van der Waals surface area contributed by atoms with E-state index in [0.717, 1.165) is 12.8 Å². The molecule has 0 aromatic carbocycles. The molecule has 0 amide bonds. The first-order valence-electron chi connectivity index (χ1n) is 5.24. The normalized spacial score (nSPS) is 13.3. The molecule has 0 aliphatic carbocycles. The number of allylic oxidation sites excluding steroid dienone is 2. The number of hydrogen-bond donors (Lipinski definition) is 2. The highest BCUT2D eigenvalue weighted by molar-refractivity contribution is 5.90. The van der Waals surface area contributed by atoms with Gasteiger partial charge in [-0.15, -0.1) is 0 Å². The summed E-state index contributed by atoms with van der Waals surface area (Å²) in [6.45, 7) is 4.96. The Balaban J connectivity index is 5.10. The maximum absolute atomic E-state index is 10.8. The van der Waals surface area contributed by atoms with Crippen molar-refractivity contribution in [2.75, 3.05) is 0 Å². The second-order valence-corrected chi connectivity index (χ2v) is 3.69. The number of rotatable bonds is 6. The highest BCUT2D eigenvalue weighted by Crippen LogP contribution is 2.16. The Morgan fingerprint density at radius 3 is 2.06 bits per heavy atom. The lowest BCUT2D eigenvalue weighted by Gasteiger charge is -2.05. The molecule has 0 aliphatic heterocycles. The SMILES string of the molecule is CCCCC(C=C(C)C(=O)O)=C(C)C(=O)O. The van der Waals surface area contributed by atoms with Crippen LogP contribution in [0.4, 0.5) is 0 Å². The van der Waals surface area contributed by atoms with E-state index in [1.165, 1.54) is 19.9 Å². The van der Waals surface area contributed by atoms with Crippen LogP contribution in [0.1, 0.15) is 40.0 Å². The molecule has 0 fully saturated rings. The molecule has 0 saturated carbocycles. The van der Waals surface area contributed by atoms with Crippen LogP contribution < -0.4 is 0 Å². The van der Waals surface area contributed by atoms with Gasteiger partial charge in [-0.2, -0.15) is 0 Å². The minimum atomic E-state index is -1.02. The van der Waals surface area contributed by atoms with E-state index >= 15 is 0 Å². The van der Waals surface area contributed by atoms with Crippen molar-refractivity contribution >= 4 is 11.9 Å². The van der Waals surface area contributed by atoms with E-state index in [1.807, 2.05) is 6.92 Å². The summed E-state index contributed by atoms with van der Waals surface area (Å²) >= 11 is 0. The molecule has 0 atom stereocenters. The van der Waals surface area contributed by atoms with Crippen molar-refractivity contribution in [3.05, 3.63) is 22.8 Å². The Kier molecular flexibility index (Phi) is 6.15. The van der Waals surface area contributed by atoms with Crippen molar-refractivity contribution in [3.8, 4) is 0 Å². The van der Waals surface area contributed by atoms with Gasteiger partial charge < -0.3 is 10.2 Å². The molecule has 0 aromatic rings. The van der Waals surface area contributed by atoms with Crippen LogP contribution in [-0.2, 0) is 9.59 Å². The van der Waals surface area contributed by atoms with Gasteiger partial charge in [-0.05, 0) is 38.3 Å². The van der Waals surface area contributed by atoms with E-state index in [9.17, 15) is 9.59 Å². The average molecular weight is 226 g/mol.